The summed E-state index contributed by atoms with van der Waals surface area (Å²) >= 11 is 0. The van der Waals surface area contributed by atoms with Gasteiger partial charge in [-0.2, -0.15) is 0 Å². The van der Waals surface area contributed by atoms with Gasteiger partial charge in [0.15, 0.2) is 17.1 Å². The molecule has 0 spiro atoms. The zero-order chi connectivity index (χ0) is 20.7. The van der Waals surface area contributed by atoms with E-state index in [0.717, 1.165) is 6.42 Å². The maximum absolute atomic E-state index is 12.8. The number of fused-ring (bicyclic) bond motifs is 3. The third kappa shape index (κ3) is 3.41. The number of amides is 1. The van der Waals surface area contributed by atoms with Gasteiger partial charge in [0, 0.05) is 24.5 Å². The molecule has 0 aliphatic carbocycles. The van der Waals surface area contributed by atoms with E-state index in [0.29, 0.717) is 53.0 Å². The second-order valence-corrected chi connectivity index (χ2v) is 7.85. The van der Waals surface area contributed by atoms with Gasteiger partial charge in [0.2, 0.25) is 5.91 Å². The lowest BCUT2D eigenvalue weighted by molar-refractivity contribution is -0.134. The number of likely N-dealkylation sites (tertiary alicyclic amines) is 1. The Morgan fingerprint density at radius 2 is 1.79 bits per heavy atom. The van der Waals surface area contributed by atoms with E-state index in [1.165, 1.54) is 15.4 Å². The van der Waals surface area contributed by atoms with Crippen LogP contribution in [-0.4, -0.2) is 57.3 Å². The molecule has 154 valence electrons. The van der Waals surface area contributed by atoms with Gasteiger partial charge in [-0.1, -0.05) is 13.8 Å². The molecular formula is C20H25N5O4. The van der Waals surface area contributed by atoms with Crippen LogP contribution in [-0.2, 0) is 11.3 Å². The fourth-order valence-electron chi connectivity index (χ4n) is 4.18. The van der Waals surface area contributed by atoms with Gasteiger partial charge in [-0.3, -0.25) is 4.79 Å². The van der Waals surface area contributed by atoms with Crippen molar-refractivity contribution in [1.82, 2.24) is 24.1 Å². The Morgan fingerprint density at radius 3 is 2.45 bits per heavy atom. The van der Waals surface area contributed by atoms with Crippen molar-refractivity contribution in [1.29, 1.82) is 0 Å². The van der Waals surface area contributed by atoms with Crippen LogP contribution in [0.25, 0.3) is 16.6 Å². The normalized spacial score (nSPS) is 19.7. The smallest absolute Gasteiger partial charge is 0.352 e. The summed E-state index contributed by atoms with van der Waals surface area (Å²) in [7, 11) is 3.09. The van der Waals surface area contributed by atoms with Crippen LogP contribution in [0.15, 0.2) is 23.3 Å². The van der Waals surface area contributed by atoms with Crippen LogP contribution < -0.4 is 15.2 Å². The number of methoxy groups -OCH3 is 2. The van der Waals surface area contributed by atoms with E-state index in [2.05, 4.69) is 23.9 Å². The van der Waals surface area contributed by atoms with E-state index in [4.69, 9.17) is 9.47 Å². The van der Waals surface area contributed by atoms with E-state index in [9.17, 15) is 9.59 Å². The molecule has 1 aromatic carbocycles. The molecule has 2 atom stereocenters. The lowest BCUT2D eigenvalue weighted by atomic mass is 9.92. The third-order valence-electron chi connectivity index (χ3n) is 5.43. The minimum absolute atomic E-state index is 0.0886. The lowest BCUT2D eigenvalue weighted by Gasteiger charge is -2.34. The van der Waals surface area contributed by atoms with Crippen molar-refractivity contribution in [3.63, 3.8) is 0 Å². The molecule has 3 aromatic rings. The molecule has 2 aromatic heterocycles. The standard InChI is InChI=1S/C20H25N5O4/c1-12-5-13(2)9-23(8-12)18(26)10-25-20(27)24-11-21-15-7-17(29-4)16(28-3)6-14(15)19(24)22-25/h6-7,11-13H,5,8-10H2,1-4H3. The summed E-state index contributed by atoms with van der Waals surface area (Å²) in [5.74, 6) is 1.88. The van der Waals surface area contributed by atoms with E-state index in [-0.39, 0.29) is 12.5 Å². The van der Waals surface area contributed by atoms with Crippen molar-refractivity contribution in [3.05, 3.63) is 28.9 Å². The SMILES string of the molecule is COc1cc2ncn3c(=O)n(CC(=O)N4CC(C)CC(C)C4)nc3c2cc1OC. The first kappa shape index (κ1) is 19.2. The van der Waals surface area contributed by atoms with E-state index in [1.807, 2.05) is 4.90 Å². The lowest BCUT2D eigenvalue weighted by Crippen LogP contribution is -2.45. The molecule has 1 aliphatic heterocycles. The largest absolute Gasteiger partial charge is 0.493 e. The molecule has 0 radical (unpaired) electrons. The molecule has 29 heavy (non-hydrogen) atoms. The number of ether oxygens (including phenoxy) is 2. The van der Waals surface area contributed by atoms with Crippen molar-refractivity contribution in [3.8, 4) is 11.5 Å². The number of carbonyl (C=O) groups excluding carboxylic acids is 1. The average Bonchev–Trinajstić information content (AvgIpc) is 3.02. The number of aromatic nitrogens is 4. The van der Waals surface area contributed by atoms with Crippen LogP contribution in [0.5, 0.6) is 11.5 Å². The Hall–Kier alpha value is -3.10. The summed E-state index contributed by atoms with van der Waals surface area (Å²) in [6.45, 7) is 5.63. The highest BCUT2D eigenvalue weighted by molar-refractivity contribution is 5.93. The summed E-state index contributed by atoms with van der Waals surface area (Å²) in [4.78, 5) is 31.8. The Balaban J connectivity index is 1.72. The number of hydrogen-bond acceptors (Lipinski definition) is 6. The van der Waals surface area contributed by atoms with Crippen LogP contribution in [0.1, 0.15) is 20.3 Å². The van der Waals surface area contributed by atoms with Crippen molar-refractivity contribution in [2.45, 2.75) is 26.8 Å². The topological polar surface area (TPSA) is 91.0 Å². The van der Waals surface area contributed by atoms with Gasteiger partial charge in [0.25, 0.3) is 0 Å². The van der Waals surface area contributed by atoms with Gasteiger partial charge in [-0.25, -0.2) is 18.9 Å². The maximum atomic E-state index is 12.8. The van der Waals surface area contributed by atoms with E-state index in [1.54, 1.807) is 26.4 Å². The number of carbonyl (C=O) groups is 1. The number of hydrogen-bond donors (Lipinski definition) is 0. The Kier molecular flexibility index (Phi) is 4.89. The Labute approximate surface area is 167 Å². The van der Waals surface area contributed by atoms with Gasteiger partial charge in [-0.15, -0.1) is 5.10 Å². The molecule has 3 heterocycles. The molecule has 0 saturated carbocycles. The first-order chi connectivity index (χ1) is 13.9. The number of rotatable bonds is 4. The van der Waals surface area contributed by atoms with Crippen LogP contribution in [0.3, 0.4) is 0 Å². The second-order valence-electron chi connectivity index (χ2n) is 7.85. The minimum Gasteiger partial charge on any atom is -0.493 e. The maximum Gasteiger partial charge on any atom is 0.352 e. The molecular weight excluding hydrogens is 374 g/mol. The molecule has 0 bridgehead atoms. The van der Waals surface area contributed by atoms with Gasteiger partial charge >= 0.3 is 5.69 Å². The second kappa shape index (κ2) is 7.38. The molecule has 1 amide bonds. The minimum atomic E-state index is -0.393. The van der Waals surface area contributed by atoms with Crippen molar-refractivity contribution < 1.29 is 14.3 Å². The molecule has 9 nitrogen and oxygen atoms in total. The van der Waals surface area contributed by atoms with Gasteiger partial charge in [-0.05, 0) is 24.3 Å². The molecule has 4 rings (SSSR count). The molecule has 0 N–H and O–H groups in total. The Morgan fingerprint density at radius 1 is 1.14 bits per heavy atom. The van der Waals surface area contributed by atoms with E-state index >= 15 is 0 Å². The zero-order valence-electron chi connectivity index (χ0n) is 17.1. The van der Waals surface area contributed by atoms with Crippen LogP contribution in [0.4, 0.5) is 0 Å². The summed E-state index contributed by atoms with van der Waals surface area (Å²) < 4.78 is 13.2. The third-order valence-corrected chi connectivity index (χ3v) is 5.43. The fraction of sp³-hybridized carbons (Fsp3) is 0.500. The number of benzene rings is 1. The zero-order valence-corrected chi connectivity index (χ0v) is 17.1. The number of piperidine rings is 1. The molecule has 1 saturated heterocycles. The van der Waals surface area contributed by atoms with Gasteiger partial charge in [0.1, 0.15) is 12.9 Å². The molecule has 1 fully saturated rings. The predicted molar refractivity (Wildman–Crippen MR) is 107 cm³/mol. The summed E-state index contributed by atoms with van der Waals surface area (Å²) in [5.41, 5.74) is 0.655. The molecule has 9 heteroatoms. The summed E-state index contributed by atoms with van der Waals surface area (Å²) in [5, 5.41) is 5.07. The highest BCUT2D eigenvalue weighted by Crippen LogP contribution is 2.32. The monoisotopic (exact) mass is 399 g/mol. The molecule has 1 aliphatic rings. The van der Waals surface area contributed by atoms with Crippen LogP contribution in [0.2, 0.25) is 0 Å². The first-order valence-corrected chi connectivity index (χ1v) is 9.69. The van der Waals surface area contributed by atoms with Crippen molar-refractivity contribution in [2.24, 2.45) is 11.8 Å². The summed E-state index contributed by atoms with van der Waals surface area (Å²) in [6.07, 6.45) is 2.53. The molecule has 2 unspecified atom stereocenters. The van der Waals surface area contributed by atoms with E-state index < -0.39 is 5.69 Å². The predicted octanol–water partition coefficient (Wildman–Crippen LogP) is 1.57. The first-order valence-electron chi connectivity index (χ1n) is 9.69. The quantitative estimate of drug-likeness (QED) is 0.661. The average molecular weight is 399 g/mol. The van der Waals surface area contributed by atoms with Crippen molar-refractivity contribution >= 4 is 22.5 Å². The van der Waals surface area contributed by atoms with Crippen molar-refractivity contribution in [2.75, 3.05) is 27.3 Å². The highest BCUT2D eigenvalue weighted by Gasteiger charge is 2.26. The number of nitrogens with zero attached hydrogens (tertiary/aromatic N) is 5. The van der Waals surface area contributed by atoms with Gasteiger partial charge in [0.05, 0.1) is 19.7 Å². The van der Waals surface area contributed by atoms with Crippen LogP contribution in [0, 0.1) is 11.8 Å². The summed E-state index contributed by atoms with van der Waals surface area (Å²) in [6, 6.07) is 3.47. The fourth-order valence-corrected chi connectivity index (χ4v) is 4.18. The highest BCUT2D eigenvalue weighted by atomic mass is 16.5. The Bertz CT molecular complexity index is 1130. The van der Waals surface area contributed by atoms with Crippen LogP contribution >= 0.6 is 0 Å². The van der Waals surface area contributed by atoms with Gasteiger partial charge < -0.3 is 14.4 Å².